The van der Waals surface area contributed by atoms with E-state index in [4.69, 9.17) is 11.8 Å². The number of rotatable bonds is 4. The predicted octanol–water partition coefficient (Wildman–Crippen LogP) is 3.03. The Bertz CT molecular complexity index is 649. The van der Waals surface area contributed by atoms with E-state index in [2.05, 4.69) is 0 Å². The molecule has 1 aromatic rings. The first-order valence-corrected chi connectivity index (χ1v) is 9.25. The number of nitro benzene ring substituents is 1. The fraction of sp³-hybridized carbons (Fsp3) is 0.286. The van der Waals surface area contributed by atoms with E-state index in [1.54, 1.807) is 24.3 Å². The Morgan fingerprint density at radius 3 is 2.43 bits per heavy atom. The molecule has 21 heavy (non-hydrogen) atoms. The van der Waals surface area contributed by atoms with Crippen molar-refractivity contribution in [3.05, 3.63) is 64.2 Å². The summed E-state index contributed by atoms with van der Waals surface area (Å²) in [7, 11) is 0. The summed E-state index contributed by atoms with van der Waals surface area (Å²) in [4.78, 5) is 30.3. The van der Waals surface area contributed by atoms with Crippen LogP contribution in [0.2, 0.25) is 0 Å². The number of nitrogens with zero attached hydrogens (tertiary/aromatic N) is 1. The summed E-state index contributed by atoms with van der Waals surface area (Å²) in [5, 5.41) is 10.8. The van der Waals surface area contributed by atoms with Gasteiger partial charge in [-0.1, -0.05) is 43.4 Å². The summed E-state index contributed by atoms with van der Waals surface area (Å²) in [5.74, 6) is 0. The summed E-state index contributed by atoms with van der Waals surface area (Å²) in [6.45, 7) is -1.58. The molecule has 1 aromatic carbocycles. The van der Waals surface area contributed by atoms with Crippen LogP contribution in [0.25, 0.3) is 0 Å². The molecule has 2 N–H and O–H groups in total. The van der Waals surface area contributed by atoms with Crippen molar-refractivity contribution < 1.29 is 14.7 Å². The second-order valence-corrected chi connectivity index (χ2v) is 8.32. The maximum Gasteiger partial charge on any atom is 0.269 e. The topological polar surface area (TPSA) is 83.6 Å². The largest absolute Gasteiger partial charge is 0.345 e. The molecule has 2 unspecified atom stereocenters. The Balaban J connectivity index is 2.54. The first-order valence-electron chi connectivity index (χ1n) is 6.47. The van der Waals surface area contributed by atoms with Gasteiger partial charge in [0.1, 0.15) is 0 Å². The van der Waals surface area contributed by atoms with Gasteiger partial charge in [0.2, 0.25) is 0 Å². The quantitative estimate of drug-likeness (QED) is 0.505. The van der Waals surface area contributed by atoms with Gasteiger partial charge in [-0.2, -0.15) is 0 Å². The highest BCUT2D eigenvalue weighted by molar-refractivity contribution is 8.09. The number of hydrogen-bond acceptors (Lipinski definition) is 3. The van der Waals surface area contributed by atoms with Crippen LogP contribution >= 0.6 is 6.49 Å². The van der Waals surface area contributed by atoms with E-state index in [1.807, 2.05) is 19.1 Å². The van der Waals surface area contributed by atoms with Crippen molar-refractivity contribution in [2.45, 2.75) is 24.4 Å². The Morgan fingerprint density at radius 1 is 1.33 bits per heavy atom. The molecule has 0 spiro atoms. The lowest BCUT2D eigenvalue weighted by atomic mass is 9.73. The second kappa shape index (κ2) is 5.81. The van der Waals surface area contributed by atoms with E-state index in [-0.39, 0.29) is 5.69 Å². The van der Waals surface area contributed by atoms with E-state index in [1.165, 1.54) is 12.1 Å². The number of hydrogen-bond donors (Lipinski definition) is 2. The molecule has 0 aliphatic heterocycles. The van der Waals surface area contributed by atoms with Crippen LogP contribution in [0.3, 0.4) is 0 Å². The highest BCUT2D eigenvalue weighted by Crippen LogP contribution is 2.55. The first kappa shape index (κ1) is 16.0. The summed E-state index contributed by atoms with van der Waals surface area (Å²) in [6, 6.07) is 6.16. The molecule has 0 saturated heterocycles. The lowest BCUT2D eigenvalue weighted by Gasteiger charge is -2.40. The highest BCUT2D eigenvalue weighted by Gasteiger charge is 2.43. The van der Waals surface area contributed by atoms with Crippen LogP contribution in [0.1, 0.15) is 18.9 Å². The van der Waals surface area contributed by atoms with Crippen LogP contribution in [0.5, 0.6) is 0 Å². The van der Waals surface area contributed by atoms with Gasteiger partial charge in [0.25, 0.3) is 5.69 Å². The minimum absolute atomic E-state index is 0.00399. The molecule has 2 atom stereocenters. The van der Waals surface area contributed by atoms with Crippen molar-refractivity contribution in [3.63, 3.8) is 0 Å². The normalized spacial score (nSPS) is 25.0. The van der Waals surface area contributed by atoms with Gasteiger partial charge in [-0.25, -0.2) is 0 Å². The maximum atomic E-state index is 10.8. The monoisotopic (exact) mass is 325 g/mol. The van der Waals surface area contributed by atoms with Gasteiger partial charge in [0.05, 0.1) is 10.6 Å². The number of nitro groups is 1. The third kappa shape index (κ3) is 2.99. The van der Waals surface area contributed by atoms with Gasteiger partial charge in [-0.05, 0) is 23.8 Å². The Hall–Kier alpha value is -1.33. The van der Waals surface area contributed by atoms with Crippen molar-refractivity contribution >= 4 is 24.0 Å². The molecule has 0 heterocycles. The molecule has 1 aliphatic rings. The van der Waals surface area contributed by atoms with Crippen LogP contribution in [-0.2, 0) is 17.2 Å². The molecule has 0 fully saturated rings. The number of allylic oxidation sites excluding steroid dienone is 4. The standard InChI is InChI=1S/C14H16NO4PS/c1-2-14(10-4-3-5-13(14)20(18,19)21)11-6-8-12(9-7-11)15(16)17/h3-10,13H,2H2,1H3,(H2,18,19,21). The lowest BCUT2D eigenvalue weighted by molar-refractivity contribution is -0.384. The molecular weight excluding hydrogens is 309 g/mol. The van der Waals surface area contributed by atoms with Crippen LogP contribution in [0.15, 0.2) is 48.6 Å². The van der Waals surface area contributed by atoms with Crippen LogP contribution < -0.4 is 0 Å². The molecule has 2 rings (SSSR count). The van der Waals surface area contributed by atoms with E-state index >= 15 is 0 Å². The molecule has 1 aliphatic carbocycles. The van der Waals surface area contributed by atoms with Crippen molar-refractivity contribution in [2.75, 3.05) is 0 Å². The highest BCUT2D eigenvalue weighted by atomic mass is 32.5. The van der Waals surface area contributed by atoms with Crippen LogP contribution in [0, 0.1) is 10.1 Å². The van der Waals surface area contributed by atoms with Crippen molar-refractivity contribution in [2.24, 2.45) is 0 Å². The van der Waals surface area contributed by atoms with Gasteiger partial charge < -0.3 is 9.79 Å². The average Bonchev–Trinajstić information content (AvgIpc) is 2.46. The van der Waals surface area contributed by atoms with E-state index < -0.39 is 22.5 Å². The summed E-state index contributed by atoms with van der Waals surface area (Å²) in [5.41, 5.74) is -0.456. The Kier molecular flexibility index (Phi) is 4.44. The van der Waals surface area contributed by atoms with Crippen LogP contribution in [-0.4, -0.2) is 20.4 Å². The molecule has 5 nitrogen and oxygen atoms in total. The maximum absolute atomic E-state index is 10.8. The van der Waals surface area contributed by atoms with Crippen molar-refractivity contribution in [3.8, 4) is 0 Å². The average molecular weight is 325 g/mol. The smallest absolute Gasteiger partial charge is 0.269 e. The van der Waals surface area contributed by atoms with E-state index in [0.29, 0.717) is 6.42 Å². The predicted molar refractivity (Wildman–Crippen MR) is 85.9 cm³/mol. The summed E-state index contributed by atoms with van der Waals surface area (Å²) < 4.78 is 0. The molecule has 0 radical (unpaired) electrons. The zero-order valence-corrected chi connectivity index (χ0v) is 13.1. The van der Waals surface area contributed by atoms with E-state index in [9.17, 15) is 19.9 Å². The van der Waals surface area contributed by atoms with Crippen LogP contribution in [0.4, 0.5) is 5.69 Å². The third-order valence-electron chi connectivity index (χ3n) is 3.89. The molecule has 7 heteroatoms. The fourth-order valence-electron chi connectivity index (χ4n) is 2.77. The SMILES string of the molecule is CCC1(c2ccc([N+](=O)[O-])cc2)C=CC=CC1P(O)(O)=S. The molecule has 0 bridgehead atoms. The van der Waals surface area contributed by atoms with Gasteiger partial charge in [0, 0.05) is 17.5 Å². The second-order valence-electron chi connectivity index (χ2n) is 4.98. The molecule has 0 saturated carbocycles. The third-order valence-corrected chi connectivity index (χ3v) is 5.93. The Morgan fingerprint density at radius 2 is 1.95 bits per heavy atom. The van der Waals surface area contributed by atoms with Crippen molar-refractivity contribution in [1.82, 2.24) is 0 Å². The van der Waals surface area contributed by atoms with E-state index in [0.717, 1.165) is 5.56 Å². The molecular formula is C14H16NO4PS. The first-order chi connectivity index (χ1) is 9.81. The minimum atomic E-state index is -3.51. The minimum Gasteiger partial charge on any atom is -0.345 e. The summed E-state index contributed by atoms with van der Waals surface area (Å²) >= 11 is 4.92. The van der Waals surface area contributed by atoms with Gasteiger partial charge >= 0.3 is 0 Å². The number of non-ortho nitro benzene ring substituents is 1. The molecule has 0 amide bonds. The number of benzene rings is 1. The lowest BCUT2D eigenvalue weighted by Crippen LogP contribution is -2.37. The van der Waals surface area contributed by atoms with Gasteiger partial charge in [-0.15, -0.1) is 0 Å². The Labute approximate surface area is 128 Å². The summed E-state index contributed by atoms with van der Waals surface area (Å²) in [6.07, 6.45) is 7.80. The fourth-order valence-corrected chi connectivity index (χ4v) is 4.89. The van der Waals surface area contributed by atoms with Crippen molar-refractivity contribution in [1.29, 1.82) is 0 Å². The molecule has 0 aromatic heterocycles. The zero-order chi connectivity index (χ0) is 15.7. The zero-order valence-electron chi connectivity index (χ0n) is 11.4. The molecule has 112 valence electrons. The van der Waals surface area contributed by atoms with Gasteiger partial charge in [-0.3, -0.25) is 10.1 Å². The van der Waals surface area contributed by atoms with Gasteiger partial charge in [0.15, 0.2) is 6.49 Å².